The molecule has 21 heavy (non-hydrogen) atoms. The lowest BCUT2D eigenvalue weighted by molar-refractivity contribution is 0.245. The maximum absolute atomic E-state index is 5.95. The first-order chi connectivity index (χ1) is 10.1. The zero-order valence-corrected chi connectivity index (χ0v) is 13.3. The van der Waals surface area contributed by atoms with Crippen LogP contribution in [0.5, 0.6) is 5.75 Å². The van der Waals surface area contributed by atoms with Crippen LogP contribution in [-0.4, -0.2) is 15.7 Å². The molecule has 3 nitrogen and oxygen atoms in total. The summed E-state index contributed by atoms with van der Waals surface area (Å²) in [7, 11) is 0. The van der Waals surface area contributed by atoms with Crippen LogP contribution >= 0.6 is 23.8 Å². The van der Waals surface area contributed by atoms with Gasteiger partial charge in [0.2, 0.25) is 0 Å². The van der Waals surface area contributed by atoms with Gasteiger partial charge >= 0.3 is 0 Å². The summed E-state index contributed by atoms with van der Waals surface area (Å²) in [6.45, 7) is 4.01. The standard InChI is InChI=1S/C16H15ClN2OS/c1-10(2)20-14-5-3-4-13-15(14)18-16(21)19(13)12-8-6-11(17)7-9-12/h3-10H,1-2H3,(H,18,21). The Hall–Kier alpha value is -1.78. The molecule has 0 unspecified atom stereocenters. The van der Waals surface area contributed by atoms with Crippen molar-refractivity contribution in [1.82, 2.24) is 9.55 Å². The van der Waals surface area contributed by atoms with E-state index in [1.807, 2.05) is 60.9 Å². The van der Waals surface area contributed by atoms with Crippen molar-refractivity contribution in [2.24, 2.45) is 0 Å². The predicted molar refractivity (Wildman–Crippen MR) is 89.2 cm³/mol. The third-order valence-corrected chi connectivity index (χ3v) is 3.66. The lowest BCUT2D eigenvalue weighted by Crippen LogP contribution is -2.05. The largest absolute Gasteiger partial charge is 0.489 e. The number of halogens is 1. The van der Waals surface area contributed by atoms with Crippen molar-refractivity contribution < 1.29 is 4.74 Å². The average Bonchev–Trinajstić information content (AvgIpc) is 2.77. The van der Waals surface area contributed by atoms with E-state index in [9.17, 15) is 0 Å². The lowest BCUT2D eigenvalue weighted by Gasteiger charge is -2.10. The van der Waals surface area contributed by atoms with Crippen LogP contribution in [0.2, 0.25) is 5.02 Å². The Bertz CT molecular complexity index is 834. The number of imidazole rings is 1. The summed E-state index contributed by atoms with van der Waals surface area (Å²) in [5.41, 5.74) is 2.86. The fourth-order valence-electron chi connectivity index (χ4n) is 2.30. The molecule has 108 valence electrons. The van der Waals surface area contributed by atoms with Gasteiger partial charge in [0.1, 0.15) is 11.3 Å². The minimum Gasteiger partial charge on any atom is -0.489 e. The summed E-state index contributed by atoms with van der Waals surface area (Å²) in [6.07, 6.45) is 0.108. The topological polar surface area (TPSA) is 29.9 Å². The van der Waals surface area contributed by atoms with Crippen LogP contribution in [-0.2, 0) is 0 Å². The van der Waals surface area contributed by atoms with Crippen LogP contribution in [0.3, 0.4) is 0 Å². The quantitative estimate of drug-likeness (QED) is 0.678. The number of para-hydroxylation sites is 1. The highest BCUT2D eigenvalue weighted by Crippen LogP contribution is 2.28. The molecule has 1 heterocycles. The number of fused-ring (bicyclic) bond motifs is 1. The van der Waals surface area contributed by atoms with Crippen molar-refractivity contribution in [3.05, 3.63) is 52.3 Å². The molecule has 0 fully saturated rings. The first kappa shape index (κ1) is 14.2. The van der Waals surface area contributed by atoms with E-state index in [-0.39, 0.29) is 6.10 Å². The smallest absolute Gasteiger partial charge is 0.182 e. The van der Waals surface area contributed by atoms with E-state index < -0.39 is 0 Å². The number of aromatic nitrogens is 2. The minimum absolute atomic E-state index is 0.108. The van der Waals surface area contributed by atoms with E-state index in [1.165, 1.54) is 0 Å². The molecular weight excluding hydrogens is 304 g/mol. The van der Waals surface area contributed by atoms with Crippen molar-refractivity contribution in [1.29, 1.82) is 0 Å². The first-order valence-electron chi connectivity index (χ1n) is 6.72. The Kier molecular flexibility index (Phi) is 3.74. The van der Waals surface area contributed by atoms with Crippen molar-refractivity contribution in [3.63, 3.8) is 0 Å². The maximum atomic E-state index is 5.95. The second kappa shape index (κ2) is 5.54. The van der Waals surface area contributed by atoms with Gasteiger partial charge in [0, 0.05) is 10.7 Å². The van der Waals surface area contributed by atoms with Crippen LogP contribution in [0, 0.1) is 4.77 Å². The van der Waals surface area contributed by atoms with E-state index in [0.29, 0.717) is 9.79 Å². The monoisotopic (exact) mass is 318 g/mol. The molecule has 0 bridgehead atoms. The first-order valence-corrected chi connectivity index (χ1v) is 7.51. The number of aromatic amines is 1. The summed E-state index contributed by atoms with van der Waals surface area (Å²) in [5, 5.41) is 0.703. The maximum Gasteiger partial charge on any atom is 0.182 e. The van der Waals surface area contributed by atoms with Crippen LogP contribution in [0.15, 0.2) is 42.5 Å². The molecule has 5 heteroatoms. The van der Waals surface area contributed by atoms with Crippen LogP contribution in [0.4, 0.5) is 0 Å². The van der Waals surface area contributed by atoms with Gasteiger partial charge in [-0.3, -0.25) is 4.57 Å². The molecular formula is C16H15ClN2OS. The highest BCUT2D eigenvalue weighted by molar-refractivity contribution is 7.71. The van der Waals surface area contributed by atoms with Gasteiger partial charge in [-0.05, 0) is 62.5 Å². The summed E-state index contributed by atoms with van der Waals surface area (Å²) in [5.74, 6) is 0.807. The molecule has 0 aliphatic carbocycles. The minimum atomic E-state index is 0.108. The Labute approximate surface area is 133 Å². The molecule has 0 aliphatic heterocycles. The number of benzene rings is 2. The number of rotatable bonds is 3. The molecule has 0 atom stereocenters. The van der Waals surface area contributed by atoms with E-state index >= 15 is 0 Å². The zero-order valence-electron chi connectivity index (χ0n) is 11.8. The number of nitrogens with one attached hydrogen (secondary N) is 1. The van der Waals surface area contributed by atoms with E-state index in [2.05, 4.69) is 4.98 Å². The molecule has 2 aromatic carbocycles. The van der Waals surface area contributed by atoms with Gasteiger partial charge in [0.25, 0.3) is 0 Å². The number of hydrogen-bond acceptors (Lipinski definition) is 2. The molecule has 0 amide bonds. The predicted octanol–water partition coefficient (Wildman–Crippen LogP) is 5.13. The fourth-order valence-corrected chi connectivity index (χ4v) is 2.73. The average molecular weight is 319 g/mol. The van der Waals surface area contributed by atoms with Gasteiger partial charge in [-0.15, -0.1) is 0 Å². The number of nitrogens with zero attached hydrogens (tertiary/aromatic N) is 1. The number of hydrogen-bond donors (Lipinski definition) is 1. The zero-order chi connectivity index (χ0) is 15.0. The van der Waals surface area contributed by atoms with E-state index in [1.54, 1.807) is 0 Å². The third kappa shape index (κ3) is 2.69. The third-order valence-electron chi connectivity index (χ3n) is 3.13. The van der Waals surface area contributed by atoms with Crippen molar-refractivity contribution in [2.75, 3.05) is 0 Å². The molecule has 0 spiro atoms. The molecule has 0 aliphatic rings. The van der Waals surface area contributed by atoms with Crippen LogP contribution in [0.1, 0.15) is 13.8 Å². The summed E-state index contributed by atoms with van der Waals surface area (Å²) >= 11 is 11.4. The Balaban J connectivity index is 2.22. The molecule has 0 saturated carbocycles. The Morgan fingerprint density at radius 3 is 2.52 bits per heavy atom. The van der Waals surface area contributed by atoms with Gasteiger partial charge in [0.05, 0.1) is 11.6 Å². The second-order valence-electron chi connectivity index (χ2n) is 5.06. The van der Waals surface area contributed by atoms with E-state index in [0.717, 1.165) is 22.5 Å². The molecule has 3 rings (SSSR count). The van der Waals surface area contributed by atoms with Crippen molar-refractivity contribution >= 4 is 34.9 Å². The highest BCUT2D eigenvalue weighted by Gasteiger charge is 2.11. The Morgan fingerprint density at radius 2 is 1.86 bits per heavy atom. The fraction of sp³-hybridized carbons (Fsp3) is 0.188. The summed E-state index contributed by atoms with van der Waals surface area (Å²) in [6, 6.07) is 13.5. The lowest BCUT2D eigenvalue weighted by atomic mass is 10.2. The summed E-state index contributed by atoms with van der Waals surface area (Å²) < 4.78 is 8.45. The highest BCUT2D eigenvalue weighted by atomic mass is 35.5. The van der Waals surface area contributed by atoms with Crippen LogP contribution in [0.25, 0.3) is 16.7 Å². The normalized spacial score (nSPS) is 11.2. The molecule has 3 aromatic rings. The SMILES string of the molecule is CC(C)Oc1cccc2c1[nH]c(=S)n2-c1ccc(Cl)cc1. The van der Waals surface area contributed by atoms with E-state index in [4.69, 9.17) is 28.6 Å². The van der Waals surface area contributed by atoms with Gasteiger partial charge in [-0.1, -0.05) is 17.7 Å². The molecule has 1 aromatic heterocycles. The van der Waals surface area contributed by atoms with Crippen LogP contribution < -0.4 is 4.74 Å². The number of ether oxygens (including phenoxy) is 1. The van der Waals surface area contributed by atoms with Gasteiger partial charge in [-0.25, -0.2) is 0 Å². The molecule has 0 saturated heterocycles. The summed E-state index contributed by atoms with van der Waals surface area (Å²) in [4.78, 5) is 3.23. The second-order valence-corrected chi connectivity index (χ2v) is 5.88. The molecule has 0 radical (unpaired) electrons. The Morgan fingerprint density at radius 1 is 1.14 bits per heavy atom. The van der Waals surface area contributed by atoms with Crippen molar-refractivity contribution in [3.8, 4) is 11.4 Å². The van der Waals surface area contributed by atoms with Gasteiger partial charge < -0.3 is 9.72 Å². The van der Waals surface area contributed by atoms with Gasteiger partial charge in [-0.2, -0.15) is 0 Å². The number of H-pyrrole nitrogens is 1. The van der Waals surface area contributed by atoms with Crippen molar-refractivity contribution in [2.45, 2.75) is 20.0 Å². The van der Waals surface area contributed by atoms with Gasteiger partial charge in [0.15, 0.2) is 4.77 Å². The molecule has 1 N–H and O–H groups in total.